The maximum atomic E-state index is 13.4. The zero-order valence-corrected chi connectivity index (χ0v) is 27.1. The fourth-order valence-corrected chi connectivity index (χ4v) is 6.04. The van der Waals surface area contributed by atoms with Gasteiger partial charge in [-0.25, -0.2) is 17.9 Å². The number of carbonyl (C=O) groups excluding carboxylic acids is 3. The van der Waals surface area contributed by atoms with Crippen LogP contribution in [0.3, 0.4) is 0 Å². The Kier molecular flexibility index (Phi) is 12.3. The Labute approximate surface area is 272 Å². The van der Waals surface area contributed by atoms with E-state index < -0.39 is 52.0 Å². The van der Waals surface area contributed by atoms with Crippen LogP contribution in [0.15, 0.2) is 67.6 Å². The number of likely N-dealkylation sites (tertiary alicyclic amines) is 1. The number of hydrogen-bond donors (Lipinski definition) is 5. The van der Waals surface area contributed by atoms with Gasteiger partial charge in [0.1, 0.15) is 17.7 Å². The van der Waals surface area contributed by atoms with Gasteiger partial charge in [-0.2, -0.15) is 0 Å². The van der Waals surface area contributed by atoms with E-state index in [9.17, 15) is 27.6 Å². The molecule has 2 atom stereocenters. The zero-order valence-electron chi connectivity index (χ0n) is 25.4. The Hall–Kier alpha value is -4.47. The summed E-state index contributed by atoms with van der Waals surface area (Å²) in [5.41, 5.74) is 12.5. The van der Waals surface area contributed by atoms with Gasteiger partial charge in [-0.3, -0.25) is 19.4 Å². The highest BCUT2D eigenvalue weighted by Crippen LogP contribution is 2.22. The summed E-state index contributed by atoms with van der Waals surface area (Å²) in [5, 5.41) is 6.20. The molecule has 0 bridgehead atoms. The van der Waals surface area contributed by atoms with E-state index in [0.717, 1.165) is 11.1 Å². The number of amides is 3. The number of fused-ring (bicyclic) bond motifs is 1. The van der Waals surface area contributed by atoms with Crippen molar-refractivity contribution in [2.24, 2.45) is 16.5 Å². The number of hydrogen-bond acceptors (Lipinski definition) is 8. The van der Waals surface area contributed by atoms with Gasteiger partial charge < -0.3 is 31.4 Å². The van der Waals surface area contributed by atoms with Gasteiger partial charge in [0, 0.05) is 36.3 Å². The summed E-state index contributed by atoms with van der Waals surface area (Å²) in [4.78, 5) is 57.0. The first-order valence-corrected chi connectivity index (χ1v) is 15.9. The van der Waals surface area contributed by atoms with Gasteiger partial charge in [0.2, 0.25) is 27.7 Å². The smallest absolute Gasteiger partial charge is 0.336 e. The first kappa shape index (κ1) is 36.0. The van der Waals surface area contributed by atoms with Gasteiger partial charge in [-0.05, 0) is 69.4 Å². The number of guanidine groups is 1. The summed E-state index contributed by atoms with van der Waals surface area (Å²) < 4.78 is 32.9. The van der Waals surface area contributed by atoms with Gasteiger partial charge in [0.25, 0.3) is 0 Å². The molecule has 3 aromatic rings. The molecule has 248 valence electrons. The number of anilines is 1. The van der Waals surface area contributed by atoms with E-state index in [0.29, 0.717) is 35.9 Å². The van der Waals surface area contributed by atoms with Crippen LogP contribution in [0.25, 0.3) is 11.0 Å². The van der Waals surface area contributed by atoms with Crippen LogP contribution >= 0.6 is 12.4 Å². The number of nitrogens with one attached hydrogen (secondary N) is 3. The van der Waals surface area contributed by atoms with Crippen molar-refractivity contribution in [3.05, 3.63) is 70.1 Å². The minimum atomic E-state index is -3.94. The average Bonchev–Trinajstić information content (AvgIpc) is 3.48. The largest absolute Gasteiger partial charge is 0.423 e. The third-order valence-corrected chi connectivity index (χ3v) is 8.83. The molecule has 1 aliphatic heterocycles. The topological polar surface area (TPSA) is 219 Å². The maximum Gasteiger partial charge on any atom is 0.336 e. The minimum absolute atomic E-state index is 0. The summed E-state index contributed by atoms with van der Waals surface area (Å²) in [6.45, 7) is 3.55. The Morgan fingerprint density at radius 1 is 1.09 bits per heavy atom. The predicted octanol–water partition coefficient (Wildman–Crippen LogP) is 1.28. The number of aliphatic imine (C=N–C) groups is 1. The molecular weight excluding hydrogens is 638 g/mol. The maximum absolute atomic E-state index is 13.4. The molecule has 7 N–H and O–H groups in total. The lowest BCUT2D eigenvalue weighted by Crippen LogP contribution is -2.53. The molecule has 16 heteroatoms. The standard InChI is InChI=1S/C30H37N7O7S.ClH/c1-18-7-10-21(11-8-18)45(42,43)34-17-26(38)37-14-4-6-24(37)29(41)36-23(5-3-13-33-30(31)32)28(40)35-20-9-12-22-19(2)15-27(39)44-25(22)16-20;/h7-12,15-16,23-24,34H,3-6,13-14,17H2,1-2H3,(H,35,40)(H,36,41)(H4,31,32,33);1H/t23-,24-;/m0./s1. The predicted molar refractivity (Wildman–Crippen MR) is 176 cm³/mol. The number of rotatable bonds is 12. The third-order valence-electron chi connectivity index (χ3n) is 7.42. The molecule has 4 rings (SSSR count). The van der Waals surface area contributed by atoms with Crippen molar-refractivity contribution in [2.45, 2.75) is 56.5 Å². The van der Waals surface area contributed by atoms with Gasteiger partial charge in [-0.15, -0.1) is 12.4 Å². The van der Waals surface area contributed by atoms with Crippen molar-refractivity contribution in [2.75, 3.05) is 25.0 Å². The molecule has 1 saturated heterocycles. The van der Waals surface area contributed by atoms with Crippen molar-refractivity contribution in [3.63, 3.8) is 0 Å². The summed E-state index contributed by atoms with van der Waals surface area (Å²) >= 11 is 0. The molecule has 2 heterocycles. The number of aryl methyl sites for hydroxylation is 2. The van der Waals surface area contributed by atoms with E-state index in [1.54, 1.807) is 31.2 Å². The van der Waals surface area contributed by atoms with Crippen LogP contribution in [0.2, 0.25) is 0 Å². The Bertz CT molecular complexity index is 1770. The highest BCUT2D eigenvalue weighted by atomic mass is 35.5. The van der Waals surface area contributed by atoms with Crippen LogP contribution in [-0.4, -0.2) is 68.7 Å². The van der Waals surface area contributed by atoms with E-state index in [1.807, 2.05) is 6.92 Å². The molecule has 3 amide bonds. The minimum Gasteiger partial charge on any atom is -0.423 e. The lowest BCUT2D eigenvalue weighted by atomic mass is 10.1. The van der Waals surface area contributed by atoms with Crippen LogP contribution in [0.1, 0.15) is 36.8 Å². The van der Waals surface area contributed by atoms with E-state index in [-0.39, 0.29) is 42.8 Å². The molecule has 2 aromatic carbocycles. The molecule has 0 aliphatic carbocycles. The quantitative estimate of drug-likeness (QED) is 0.0807. The number of carbonyl (C=O) groups is 3. The molecule has 14 nitrogen and oxygen atoms in total. The van der Waals surface area contributed by atoms with E-state index >= 15 is 0 Å². The number of halogens is 1. The van der Waals surface area contributed by atoms with Crippen molar-refractivity contribution < 1.29 is 27.2 Å². The number of sulfonamides is 1. The van der Waals surface area contributed by atoms with Gasteiger partial charge >= 0.3 is 5.63 Å². The van der Waals surface area contributed by atoms with Crippen molar-refractivity contribution in [1.82, 2.24) is 14.9 Å². The molecule has 1 fully saturated rings. The molecule has 0 unspecified atom stereocenters. The normalized spacial score (nSPS) is 15.1. The first-order valence-electron chi connectivity index (χ1n) is 14.4. The lowest BCUT2D eigenvalue weighted by molar-refractivity contribution is -0.138. The van der Waals surface area contributed by atoms with Crippen LogP contribution in [0.5, 0.6) is 0 Å². The summed E-state index contributed by atoms with van der Waals surface area (Å²) in [7, 11) is -3.94. The average molecular weight is 676 g/mol. The second-order valence-corrected chi connectivity index (χ2v) is 12.6. The van der Waals surface area contributed by atoms with Crippen LogP contribution in [0.4, 0.5) is 5.69 Å². The second kappa shape index (κ2) is 15.7. The Morgan fingerprint density at radius 2 is 1.80 bits per heavy atom. The molecule has 1 aromatic heterocycles. The molecule has 0 spiro atoms. The summed E-state index contributed by atoms with van der Waals surface area (Å²) in [6.07, 6.45) is 1.40. The van der Waals surface area contributed by atoms with Crippen LogP contribution < -0.4 is 32.4 Å². The number of nitrogens with two attached hydrogens (primary N) is 2. The number of benzene rings is 2. The highest BCUT2D eigenvalue weighted by Gasteiger charge is 2.36. The lowest BCUT2D eigenvalue weighted by Gasteiger charge is -2.26. The molecule has 1 aliphatic rings. The zero-order chi connectivity index (χ0) is 32.7. The van der Waals surface area contributed by atoms with Crippen LogP contribution in [-0.2, 0) is 24.4 Å². The summed E-state index contributed by atoms with van der Waals surface area (Å²) in [6, 6.07) is 10.5. The van der Waals surface area contributed by atoms with Gasteiger partial charge in [-0.1, -0.05) is 17.7 Å². The highest BCUT2D eigenvalue weighted by molar-refractivity contribution is 7.89. The molecule has 0 radical (unpaired) electrons. The van der Waals surface area contributed by atoms with Crippen molar-refractivity contribution >= 4 is 62.8 Å². The second-order valence-electron chi connectivity index (χ2n) is 10.8. The molecule has 0 saturated carbocycles. The first-order chi connectivity index (χ1) is 21.3. The SMILES string of the molecule is Cc1ccc(S(=O)(=O)NCC(=O)N2CCC[C@H]2C(=O)N[C@@H](CCCN=C(N)N)C(=O)Nc2ccc3c(C)cc(=O)oc3c2)cc1.Cl. The Morgan fingerprint density at radius 3 is 2.50 bits per heavy atom. The summed E-state index contributed by atoms with van der Waals surface area (Å²) in [5.74, 6) is -1.76. The monoisotopic (exact) mass is 675 g/mol. The van der Waals surface area contributed by atoms with E-state index in [4.69, 9.17) is 15.9 Å². The van der Waals surface area contributed by atoms with Gasteiger partial charge in [0.05, 0.1) is 11.4 Å². The molecule has 46 heavy (non-hydrogen) atoms. The number of nitrogens with zero attached hydrogens (tertiary/aromatic N) is 2. The van der Waals surface area contributed by atoms with Gasteiger partial charge in [0.15, 0.2) is 5.96 Å². The fraction of sp³-hybridized carbons (Fsp3) is 0.367. The van der Waals surface area contributed by atoms with Crippen molar-refractivity contribution in [1.29, 1.82) is 0 Å². The third kappa shape index (κ3) is 9.28. The molecular formula is C30H38ClN7O7S. The van der Waals surface area contributed by atoms with E-state index in [1.165, 1.54) is 29.2 Å². The fourth-order valence-electron chi connectivity index (χ4n) is 5.07. The Balaban J connectivity index is 0.00000576. The van der Waals surface area contributed by atoms with Crippen molar-refractivity contribution in [3.8, 4) is 0 Å². The van der Waals surface area contributed by atoms with Crippen LogP contribution in [0, 0.1) is 13.8 Å². The van der Waals surface area contributed by atoms with E-state index in [2.05, 4.69) is 20.3 Å².